The summed E-state index contributed by atoms with van der Waals surface area (Å²) in [5.41, 5.74) is 0.327. The first kappa shape index (κ1) is 19.7. The zero-order chi connectivity index (χ0) is 19.8. The molecule has 146 valence electrons. The fourth-order valence-corrected chi connectivity index (χ4v) is 3.03. The molecule has 2 aromatic rings. The van der Waals surface area contributed by atoms with Crippen LogP contribution in [0.25, 0.3) is 11.0 Å². The van der Waals surface area contributed by atoms with Crippen molar-refractivity contribution in [3.63, 3.8) is 0 Å². The monoisotopic (exact) mass is 399 g/mol. The molecule has 3 heterocycles. The molecule has 0 spiro atoms. The van der Waals surface area contributed by atoms with Crippen LogP contribution in [-0.2, 0) is 18.9 Å². The molecule has 3 rings (SSSR count). The molecule has 5 atom stereocenters. The highest BCUT2D eigenvalue weighted by atomic mass is 31.2. The Kier molecular flexibility index (Phi) is 5.45. The van der Waals surface area contributed by atoms with Crippen LogP contribution in [0.3, 0.4) is 0 Å². The van der Waals surface area contributed by atoms with E-state index in [0.29, 0.717) is 16.9 Å². The van der Waals surface area contributed by atoms with Gasteiger partial charge in [-0.3, -0.25) is 4.57 Å². The predicted molar refractivity (Wildman–Crippen MR) is 90.5 cm³/mol. The maximum absolute atomic E-state index is 11.1. The van der Waals surface area contributed by atoms with Gasteiger partial charge in [0.05, 0.1) is 5.39 Å². The maximum Gasteiger partial charge on any atom is 0.352 e. The molecule has 1 fully saturated rings. The molecule has 4 N–H and O–H groups in total. The van der Waals surface area contributed by atoms with Crippen molar-refractivity contribution in [3.05, 3.63) is 18.1 Å². The third-order valence-corrected chi connectivity index (χ3v) is 4.33. The SMILES string of the molecule is CNc1nc(C#N)nc2c1ccn2[C@@H]1O[C@H](COOP(C)(=O)O)[C@@H](O)[C@H]1O. The Morgan fingerprint density at radius 2 is 2.19 bits per heavy atom. The highest BCUT2D eigenvalue weighted by Gasteiger charge is 2.44. The lowest BCUT2D eigenvalue weighted by molar-refractivity contribution is -0.238. The fraction of sp³-hybridized carbons (Fsp3) is 0.500. The van der Waals surface area contributed by atoms with E-state index in [2.05, 4.69) is 24.8 Å². The number of aliphatic hydroxyl groups excluding tert-OH is 2. The summed E-state index contributed by atoms with van der Waals surface area (Å²) in [6.45, 7) is 0.556. The number of fused-ring (bicyclic) bond motifs is 1. The van der Waals surface area contributed by atoms with Crippen LogP contribution in [0.1, 0.15) is 12.1 Å². The average Bonchev–Trinajstić information content (AvgIpc) is 3.15. The predicted octanol–water partition coefficient (Wildman–Crippen LogP) is -0.273. The zero-order valence-corrected chi connectivity index (χ0v) is 15.3. The van der Waals surface area contributed by atoms with Gasteiger partial charge in [-0.05, 0) is 6.07 Å². The van der Waals surface area contributed by atoms with Crippen molar-refractivity contribution in [2.24, 2.45) is 0 Å². The van der Waals surface area contributed by atoms with E-state index in [1.807, 2.05) is 6.07 Å². The first-order valence-electron chi connectivity index (χ1n) is 7.84. The highest BCUT2D eigenvalue weighted by molar-refractivity contribution is 7.51. The summed E-state index contributed by atoms with van der Waals surface area (Å²) < 4.78 is 22.4. The largest absolute Gasteiger partial charge is 0.387 e. The first-order valence-corrected chi connectivity index (χ1v) is 9.87. The zero-order valence-electron chi connectivity index (χ0n) is 14.4. The van der Waals surface area contributed by atoms with Crippen molar-refractivity contribution in [1.82, 2.24) is 14.5 Å². The molecule has 0 bridgehead atoms. The number of ether oxygens (including phenoxy) is 1. The molecular formula is C14H18N5O7P. The van der Waals surface area contributed by atoms with Gasteiger partial charge < -0.3 is 29.7 Å². The van der Waals surface area contributed by atoms with Crippen LogP contribution >= 0.6 is 7.60 Å². The van der Waals surface area contributed by atoms with Crippen molar-refractivity contribution in [1.29, 1.82) is 5.26 Å². The first-order chi connectivity index (χ1) is 12.7. The van der Waals surface area contributed by atoms with E-state index < -0.39 is 32.1 Å². The van der Waals surface area contributed by atoms with Gasteiger partial charge in [0.25, 0.3) is 0 Å². The average molecular weight is 399 g/mol. The molecule has 12 nitrogen and oxygen atoms in total. The Morgan fingerprint density at radius 1 is 1.44 bits per heavy atom. The second kappa shape index (κ2) is 7.49. The molecule has 0 amide bonds. The molecule has 0 aliphatic carbocycles. The van der Waals surface area contributed by atoms with Gasteiger partial charge >= 0.3 is 7.60 Å². The molecule has 27 heavy (non-hydrogen) atoms. The minimum Gasteiger partial charge on any atom is -0.387 e. The standard InChI is InChI=1S/C14H18N5O7P/c1-16-12-7-3-4-19(13(7)18-9(5-15)17-12)14-11(21)10(20)8(25-14)6-24-26-27(2,22)23/h3-4,8,10-11,14,20-21H,6H2,1-2H3,(H,22,23)(H,16,17,18)/t8-,10-,11-,14-/m1/s1. The van der Waals surface area contributed by atoms with E-state index in [1.165, 1.54) is 4.57 Å². The van der Waals surface area contributed by atoms with E-state index in [0.717, 1.165) is 6.66 Å². The van der Waals surface area contributed by atoms with E-state index >= 15 is 0 Å². The molecule has 1 unspecified atom stereocenters. The number of aromatic nitrogens is 3. The molecule has 0 saturated carbocycles. The molecule has 0 aromatic carbocycles. The molecule has 13 heteroatoms. The Balaban J connectivity index is 1.86. The summed E-state index contributed by atoms with van der Waals surface area (Å²) in [5, 5.41) is 33.1. The van der Waals surface area contributed by atoms with Crippen LogP contribution in [-0.4, -0.2) is 68.3 Å². The number of hydrogen-bond acceptors (Lipinski definition) is 10. The summed E-state index contributed by atoms with van der Waals surface area (Å²) >= 11 is 0. The lowest BCUT2D eigenvalue weighted by Gasteiger charge is -2.17. The topological polar surface area (TPSA) is 172 Å². The van der Waals surface area contributed by atoms with Gasteiger partial charge in [-0.2, -0.15) is 5.26 Å². The Morgan fingerprint density at radius 3 is 2.81 bits per heavy atom. The molecule has 1 aliphatic rings. The summed E-state index contributed by atoms with van der Waals surface area (Å²) in [6, 6.07) is 3.53. The lowest BCUT2D eigenvalue weighted by Crippen LogP contribution is -2.33. The van der Waals surface area contributed by atoms with Crippen molar-refractivity contribution >= 4 is 24.4 Å². The minimum atomic E-state index is -3.85. The van der Waals surface area contributed by atoms with Crippen molar-refractivity contribution in [3.8, 4) is 6.07 Å². The quantitative estimate of drug-likeness (QED) is 0.286. The fourth-order valence-electron chi connectivity index (χ4n) is 2.77. The second-order valence-electron chi connectivity index (χ2n) is 5.93. The summed E-state index contributed by atoms with van der Waals surface area (Å²) in [6.07, 6.45) is -3.15. The highest BCUT2D eigenvalue weighted by Crippen LogP contribution is 2.38. The van der Waals surface area contributed by atoms with Gasteiger partial charge in [-0.15, -0.1) is 4.67 Å². The Labute approximate surface area is 153 Å². The lowest BCUT2D eigenvalue weighted by atomic mass is 10.1. The summed E-state index contributed by atoms with van der Waals surface area (Å²) in [4.78, 5) is 21.9. The number of anilines is 1. The summed E-state index contributed by atoms with van der Waals surface area (Å²) in [7, 11) is -2.21. The van der Waals surface area contributed by atoms with Gasteiger partial charge in [0, 0.05) is 19.9 Å². The van der Waals surface area contributed by atoms with E-state index in [-0.39, 0.29) is 12.4 Å². The van der Waals surface area contributed by atoms with Crippen molar-refractivity contribution < 1.29 is 34.0 Å². The van der Waals surface area contributed by atoms with Gasteiger partial charge in [-0.25, -0.2) is 14.9 Å². The maximum atomic E-state index is 11.1. The van der Waals surface area contributed by atoms with Crippen LogP contribution in [0.15, 0.2) is 12.3 Å². The summed E-state index contributed by atoms with van der Waals surface area (Å²) in [5.74, 6) is 0.355. The third-order valence-electron chi connectivity index (χ3n) is 3.94. The number of nitrogens with one attached hydrogen (secondary N) is 1. The number of nitriles is 1. The number of aliphatic hydroxyl groups is 2. The van der Waals surface area contributed by atoms with Crippen LogP contribution < -0.4 is 5.32 Å². The molecule has 1 saturated heterocycles. The Hall–Kier alpha value is -2.10. The molecule has 1 aliphatic heterocycles. The molecular weight excluding hydrogens is 381 g/mol. The number of nitrogens with zero attached hydrogens (tertiary/aromatic N) is 4. The second-order valence-corrected chi connectivity index (χ2v) is 7.68. The molecule has 0 radical (unpaired) electrons. The van der Waals surface area contributed by atoms with Crippen LogP contribution in [0.4, 0.5) is 5.82 Å². The van der Waals surface area contributed by atoms with Crippen molar-refractivity contribution in [2.45, 2.75) is 24.5 Å². The molecule has 2 aromatic heterocycles. The van der Waals surface area contributed by atoms with Crippen LogP contribution in [0.5, 0.6) is 0 Å². The number of hydrogen-bond donors (Lipinski definition) is 4. The van der Waals surface area contributed by atoms with Crippen LogP contribution in [0, 0.1) is 11.3 Å². The smallest absolute Gasteiger partial charge is 0.352 e. The van der Waals surface area contributed by atoms with Gasteiger partial charge in [0.1, 0.15) is 42.5 Å². The number of rotatable bonds is 6. The van der Waals surface area contributed by atoms with E-state index in [4.69, 9.17) is 14.9 Å². The van der Waals surface area contributed by atoms with Gasteiger partial charge in [0.2, 0.25) is 5.82 Å². The minimum absolute atomic E-state index is 0.0743. The normalized spacial score (nSPS) is 27.4. The third kappa shape index (κ3) is 3.95. The van der Waals surface area contributed by atoms with Crippen LogP contribution in [0.2, 0.25) is 0 Å². The Bertz CT molecular complexity index is 922. The van der Waals surface area contributed by atoms with Crippen molar-refractivity contribution in [2.75, 3.05) is 25.6 Å². The van der Waals surface area contributed by atoms with E-state index in [9.17, 15) is 14.8 Å². The van der Waals surface area contributed by atoms with Gasteiger partial charge in [-0.1, -0.05) is 0 Å². The van der Waals surface area contributed by atoms with E-state index in [1.54, 1.807) is 19.3 Å². The van der Waals surface area contributed by atoms with Gasteiger partial charge in [0.15, 0.2) is 6.23 Å².